The van der Waals surface area contributed by atoms with Crippen molar-refractivity contribution in [1.82, 2.24) is 4.31 Å². The van der Waals surface area contributed by atoms with Crippen LogP contribution < -0.4 is 15.2 Å². The standard InChI is InChI=1S/C12H17ClN2O4S/c1-18-10-5-9(13)12(6-11(10)19-2)20(16,17)15-4-3-8(14)7-15/h5-6,8H,3-4,7,14H2,1-2H3/t8-/m1/s1. The van der Waals surface area contributed by atoms with Crippen molar-refractivity contribution < 1.29 is 17.9 Å². The van der Waals surface area contributed by atoms with Crippen LogP contribution in [0.4, 0.5) is 0 Å². The van der Waals surface area contributed by atoms with E-state index >= 15 is 0 Å². The molecule has 1 aromatic rings. The van der Waals surface area contributed by atoms with Crippen LogP contribution >= 0.6 is 11.6 Å². The van der Waals surface area contributed by atoms with Crippen molar-refractivity contribution in [3.8, 4) is 11.5 Å². The molecule has 1 saturated heterocycles. The largest absolute Gasteiger partial charge is 0.493 e. The zero-order valence-electron chi connectivity index (χ0n) is 11.3. The number of ether oxygens (including phenoxy) is 2. The number of methoxy groups -OCH3 is 2. The van der Waals surface area contributed by atoms with E-state index in [1.807, 2.05) is 0 Å². The molecule has 20 heavy (non-hydrogen) atoms. The van der Waals surface area contributed by atoms with Gasteiger partial charge in [-0.2, -0.15) is 4.31 Å². The number of hydrogen-bond acceptors (Lipinski definition) is 5. The van der Waals surface area contributed by atoms with Gasteiger partial charge in [0.1, 0.15) is 4.90 Å². The third-order valence-corrected chi connectivity index (χ3v) is 5.57. The zero-order chi connectivity index (χ0) is 14.9. The van der Waals surface area contributed by atoms with Gasteiger partial charge in [-0.3, -0.25) is 0 Å². The van der Waals surface area contributed by atoms with Gasteiger partial charge in [0.2, 0.25) is 10.0 Å². The minimum atomic E-state index is -3.67. The first-order valence-corrected chi connectivity index (χ1v) is 7.89. The van der Waals surface area contributed by atoms with Crippen LogP contribution in [-0.2, 0) is 10.0 Å². The van der Waals surface area contributed by atoms with Crippen LogP contribution in [0.2, 0.25) is 5.02 Å². The Bertz CT molecular complexity index is 606. The molecular formula is C12H17ClN2O4S. The van der Waals surface area contributed by atoms with Crippen molar-refractivity contribution in [2.45, 2.75) is 17.4 Å². The summed E-state index contributed by atoms with van der Waals surface area (Å²) in [6.45, 7) is 0.696. The number of sulfonamides is 1. The van der Waals surface area contributed by atoms with E-state index in [0.29, 0.717) is 31.0 Å². The predicted octanol–water partition coefficient (Wildman–Crippen LogP) is 1.08. The maximum absolute atomic E-state index is 12.6. The van der Waals surface area contributed by atoms with E-state index in [9.17, 15) is 8.42 Å². The quantitative estimate of drug-likeness (QED) is 0.897. The maximum atomic E-state index is 12.6. The lowest BCUT2D eigenvalue weighted by Gasteiger charge is -2.18. The Labute approximate surface area is 123 Å². The van der Waals surface area contributed by atoms with E-state index < -0.39 is 10.0 Å². The molecule has 1 atom stereocenters. The van der Waals surface area contributed by atoms with Gasteiger partial charge in [0.25, 0.3) is 0 Å². The van der Waals surface area contributed by atoms with E-state index in [4.69, 9.17) is 26.8 Å². The van der Waals surface area contributed by atoms with Crippen LogP contribution in [0.1, 0.15) is 6.42 Å². The van der Waals surface area contributed by atoms with Crippen LogP contribution in [0.15, 0.2) is 17.0 Å². The first-order chi connectivity index (χ1) is 9.40. The first-order valence-electron chi connectivity index (χ1n) is 6.07. The van der Waals surface area contributed by atoms with Crippen molar-refractivity contribution in [2.75, 3.05) is 27.3 Å². The number of hydrogen-bond donors (Lipinski definition) is 1. The number of benzene rings is 1. The second kappa shape index (κ2) is 5.77. The fraction of sp³-hybridized carbons (Fsp3) is 0.500. The summed E-state index contributed by atoms with van der Waals surface area (Å²) >= 11 is 6.06. The summed E-state index contributed by atoms with van der Waals surface area (Å²) < 4.78 is 36.7. The van der Waals surface area contributed by atoms with Gasteiger partial charge in [-0.25, -0.2) is 8.42 Å². The lowest BCUT2D eigenvalue weighted by atomic mass is 10.3. The third kappa shape index (κ3) is 2.71. The molecule has 8 heteroatoms. The van der Waals surface area contributed by atoms with Crippen molar-refractivity contribution >= 4 is 21.6 Å². The summed E-state index contributed by atoms with van der Waals surface area (Å²) in [7, 11) is -0.775. The third-order valence-electron chi connectivity index (χ3n) is 3.24. The highest BCUT2D eigenvalue weighted by Gasteiger charge is 2.33. The van der Waals surface area contributed by atoms with Gasteiger partial charge in [0.05, 0.1) is 19.2 Å². The lowest BCUT2D eigenvalue weighted by molar-refractivity contribution is 0.353. The number of nitrogens with two attached hydrogens (primary N) is 1. The second-order valence-corrected chi connectivity index (χ2v) is 6.86. The Morgan fingerprint density at radius 2 is 1.90 bits per heavy atom. The Hall–Kier alpha value is -1.02. The molecule has 0 unspecified atom stereocenters. The Balaban J connectivity index is 2.46. The molecule has 112 valence electrons. The minimum absolute atomic E-state index is 0.00548. The van der Waals surface area contributed by atoms with Gasteiger partial charge in [-0.15, -0.1) is 0 Å². The summed E-state index contributed by atoms with van der Waals surface area (Å²) in [5, 5.41) is 0.100. The van der Waals surface area contributed by atoms with Crippen LogP contribution in [-0.4, -0.2) is 46.1 Å². The minimum Gasteiger partial charge on any atom is -0.493 e. The molecule has 0 bridgehead atoms. The SMILES string of the molecule is COc1cc(Cl)c(S(=O)(=O)N2CC[C@@H](N)C2)cc1OC. The van der Waals surface area contributed by atoms with Gasteiger partial charge in [-0.1, -0.05) is 11.6 Å². The summed E-state index contributed by atoms with van der Waals surface area (Å²) in [5.41, 5.74) is 5.76. The normalized spacial score (nSPS) is 20.1. The summed E-state index contributed by atoms with van der Waals surface area (Å²) in [5.74, 6) is 0.702. The molecule has 6 nitrogen and oxygen atoms in total. The van der Waals surface area contributed by atoms with E-state index in [1.54, 1.807) is 0 Å². The topological polar surface area (TPSA) is 81.9 Å². The molecule has 0 spiro atoms. The molecule has 0 amide bonds. The predicted molar refractivity (Wildman–Crippen MR) is 75.9 cm³/mol. The average Bonchev–Trinajstić information content (AvgIpc) is 2.85. The molecule has 2 N–H and O–H groups in total. The summed E-state index contributed by atoms with van der Waals surface area (Å²) in [6.07, 6.45) is 0.643. The maximum Gasteiger partial charge on any atom is 0.244 e. The molecule has 0 aromatic heterocycles. The first kappa shape index (κ1) is 15.4. The van der Waals surface area contributed by atoms with E-state index in [1.165, 1.54) is 30.7 Å². The number of halogens is 1. The van der Waals surface area contributed by atoms with Gasteiger partial charge in [0.15, 0.2) is 11.5 Å². The fourth-order valence-electron chi connectivity index (χ4n) is 2.14. The summed E-state index contributed by atoms with van der Waals surface area (Å²) in [4.78, 5) is 0.00548. The molecule has 0 aliphatic carbocycles. The van der Waals surface area contributed by atoms with Crippen molar-refractivity contribution in [3.63, 3.8) is 0 Å². The van der Waals surface area contributed by atoms with Crippen molar-refractivity contribution in [2.24, 2.45) is 5.73 Å². The fourth-order valence-corrected chi connectivity index (χ4v) is 4.16. The van der Waals surface area contributed by atoms with E-state index in [-0.39, 0.29) is 16.0 Å². The summed E-state index contributed by atoms with van der Waals surface area (Å²) in [6, 6.07) is 2.67. The molecule has 0 radical (unpaired) electrons. The highest BCUT2D eigenvalue weighted by Crippen LogP contribution is 2.37. The Morgan fingerprint density at radius 3 is 2.40 bits per heavy atom. The average molecular weight is 321 g/mol. The number of rotatable bonds is 4. The van der Waals surface area contributed by atoms with Gasteiger partial charge in [0, 0.05) is 31.3 Å². The van der Waals surface area contributed by atoms with Gasteiger partial charge >= 0.3 is 0 Å². The molecule has 1 aliphatic heterocycles. The van der Waals surface area contributed by atoms with Crippen LogP contribution in [0, 0.1) is 0 Å². The van der Waals surface area contributed by atoms with E-state index in [0.717, 1.165) is 0 Å². The highest BCUT2D eigenvalue weighted by molar-refractivity contribution is 7.89. The van der Waals surface area contributed by atoms with Crippen LogP contribution in [0.5, 0.6) is 11.5 Å². The van der Waals surface area contributed by atoms with Gasteiger partial charge < -0.3 is 15.2 Å². The zero-order valence-corrected chi connectivity index (χ0v) is 12.9. The Kier molecular flexibility index (Phi) is 4.43. The molecule has 1 fully saturated rings. The van der Waals surface area contributed by atoms with E-state index in [2.05, 4.69) is 0 Å². The molecular weight excluding hydrogens is 304 g/mol. The monoisotopic (exact) mass is 320 g/mol. The lowest BCUT2D eigenvalue weighted by Crippen LogP contribution is -2.32. The molecule has 1 aromatic carbocycles. The molecule has 1 heterocycles. The van der Waals surface area contributed by atoms with Crippen molar-refractivity contribution in [3.05, 3.63) is 17.2 Å². The van der Waals surface area contributed by atoms with Crippen LogP contribution in [0.25, 0.3) is 0 Å². The Morgan fingerprint density at radius 1 is 1.30 bits per heavy atom. The van der Waals surface area contributed by atoms with Crippen molar-refractivity contribution in [1.29, 1.82) is 0 Å². The smallest absolute Gasteiger partial charge is 0.244 e. The van der Waals surface area contributed by atoms with Gasteiger partial charge in [-0.05, 0) is 6.42 Å². The van der Waals surface area contributed by atoms with Crippen LogP contribution in [0.3, 0.4) is 0 Å². The molecule has 0 saturated carbocycles. The highest BCUT2D eigenvalue weighted by atomic mass is 35.5. The second-order valence-electron chi connectivity index (χ2n) is 4.55. The molecule has 1 aliphatic rings. The number of nitrogens with zero attached hydrogens (tertiary/aromatic N) is 1. The molecule has 2 rings (SSSR count).